The van der Waals surface area contributed by atoms with Crippen LogP contribution in [-0.4, -0.2) is 5.78 Å². The van der Waals surface area contributed by atoms with Gasteiger partial charge in [-0.2, -0.15) is 0 Å². The zero-order valence-corrected chi connectivity index (χ0v) is 12.1. The van der Waals surface area contributed by atoms with E-state index in [1.807, 2.05) is 0 Å². The van der Waals surface area contributed by atoms with Gasteiger partial charge in [0.25, 0.3) is 0 Å². The van der Waals surface area contributed by atoms with Crippen molar-refractivity contribution in [2.75, 3.05) is 0 Å². The summed E-state index contributed by atoms with van der Waals surface area (Å²) in [6, 6.07) is 0. The maximum Gasteiger partial charge on any atom is 0.141 e. The third kappa shape index (κ3) is 4.44. The van der Waals surface area contributed by atoms with Crippen LogP contribution >= 0.6 is 0 Å². The van der Waals surface area contributed by atoms with E-state index in [-0.39, 0.29) is 5.41 Å². The largest absolute Gasteiger partial charge is 0.299 e. The molecule has 1 aliphatic rings. The molecule has 17 heavy (non-hydrogen) atoms. The molecule has 1 nitrogen and oxygen atoms in total. The Morgan fingerprint density at radius 3 is 2.53 bits per heavy atom. The van der Waals surface area contributed by atoms with E-state index in [9.17, 15) is 4.79 Å². The van der Waals surface area contributed by atoms with Gasteiger partial charge in [-0.05, 0) is 19.3 Å². The second kappa shape index (κ2) is 7.18. The van der Waals surface area contributed by atoms with Crippen LogP contribution in [0.2, 0.25) is 0 Å². The molecule has 2 atom stereocenters. The van der Waals surface area contributed by atoms with Gasteiger partial charge in [-0.25, -0.2) is 0 Å². The molecule has 0 aliphatic heterocycles. The lowest BCUT2D eigenvalue weighted by Crippen LogP contribution is -2.36. The van der Waals surface area contributed by atoms with Crippen molar-refractivity contribution in [2.45, 2.75) is 85.0 Å². The molecule has 1 rings (SSSR count). The van der Waals surface area contributed by atoms with E-state index >= 15 is 0 Å². The summed E-state index contributed by atoms with van der Waals surface area (Å²) < 4.78 is 0. The van der Waals surface area contributed by atoms with Gasteiger partial charge in [0.15, 0.2) is 0 Å². The summed E-state index contributed by atoms with van der Waals surface area (Å²) in [7, 11) is 0. The number of hydrogen-bond acceptors (Lipinski definition) is 1. The topological polar surface area (TPSA) is 17.1 Å². The van der Waals surface area contributed by atoms with Crippen molar-refractivity contribution < 1.29 is 4.79 Å². The summed E-state index contributed by atoms with van der Waals surface area (Å²) in [6.07, 6.45) is 12.6. The Labute approximate surface area is 107 Å². The van der Waals surface area contributed by atoms with Crippen molar-refractivity contribution in [3.63, 3.8) is 0 Å². The molecule has 100 valence electrons. The van der Waals surface area contributed by atoms with E-state index in [1.165, 1.54) is 44.9 Å². The highest BCUT2D eigenvalue weighted by atomic mass is 16.1. The van der Waals surface area contributed by atoms with Crippen LogP contribution in [0.1, 0.15) is 85.0 Å². The molecule has 0 aromatic rings. The van der Waals surface area contributed by atoms with E-state index in [0.717, 1.165) is 19.3 Å². The van der Waals surface area contributed by atoms with Gasteiger partial charge in [0.2, 0.25) is 0 Å². The lowest BCUT2D eigenvalue weighted by Gasteiger charge is -2.35. The van der Waals surface area contributed by atoms with Crippen molar-refractivity contribution in [1.29, 1.82) is 0 Å². The van der Waals surface area contributed by atoms with Gasteiger partial charge in [0, 0.05) is 11.3 Å². The van der Waals surface area contributed by atoms with Crippen molar-refractivity contribution in [2.24, 2.45) is 11.3 Å². The summed E-state index contributed by atoms with van der Waals surface area (Å²) in [5, 5.41) is 0. The second-order valence-electron chi connectivity index (χ2n) is 6.24. The second-order valence-corrected chi connectivity index (χ2v) is 6.24. The van der Waals surface area contributed by atoms with E-state index < -0.39 is 0 Å². The Bertz CT molecular complexity index is 234. The summed E-state index contributed by atoms with van der Waals surface area (Å²) in [6.45, 7) is 6.57. The molecule has 1 aliphatic carbocycles. The quantitative estimate of drug-likeness (QED) is 0.562. The van der Waals surface area contributed by atoms with E-state index in [2.05, 4.69) is 20.8 Å². The molecule has 0 amide bonds. The first-order chi connectivity index (χ1) is 8.10. The van der Waals surface area contributed by atoms with Crippen LogP contribution < -0.4 is 0 Å². The first-order valence-electron chi connectivity index (χ1n) is 7.64. The fraction of sp³-hybridized carbons (Fsp3) is 0.938. The highest BCUT2D eigenvalue weighted by molar-refractivity contribution is 5.87. The molecule has 0 N–H and O–H groups in total. The molecule has 0 heterocycles. The zero-order valence-electron chi connectivity index (χ0n) is 12.1. The number of carbonyl (C=O) groups excluding carboxylic acids is 1. The third-order valence-electron chi connectivity index (χ3n) is 4.49. The van der Waals surface area contributed by atoms with Gasteiger partial charge in [-0.3, -0.25) is 4.79 Å². The van der Waals surface area contributed by atoms with E-state index in [4.69, 9.17) is 0 Å². The molecule has 1 fully saturated rings. The molecule has 1 saturated carbocycles. The average molecular weight is 238 g/mol. The van der Waals surface area contributed by atoms with Gasteiger partial charge in [0.1, 0.15) is 5.78 Å². The minimum Gasteiger partial charge on any atom is -0.299 e. The highest BCUT2D eigenvalue weighted by Gasteiger charge is 2.38. The normalized spacial score (nSPS) is 29.6. The van der Waals surface area contributed by atoms with Gasteiger partial charge in [-0.15, -0.1) is 0 Å². The first kappa shape index (κ1) is 14.7. The Kier molecular flexibility index (Phi) is 6.22. The maximum absolute atomic E-state index is 12.2. The summed E-state index contributed by atoms with van der Waals surface area (Å²) in [4.78, 5) is 12.2. The molecule has 0 saturated heterocycles. The zero-order chi connectivity index (χ0) is 12.7. The number of carbonyl (C=O) groups is 1. The minimum absolute atomic E-state index is 0.0163. The maximum atomic E-state index is 12.2. The highest BCUT2D eigenvalue weighted by Crippen LogP contribution is 2.39. The Balaban J connectivity index is 2.22. The van der Waals surface area contributed by atoms with Gasteiger partial charge >= 0.3 is 0 Å². The number of unbranched alkanes of at least 4 members (excludes halogenated alkanes) is 5. The molecule has 1 heteroatoms. The fourth-order valence-electron chi connectivity index (χ4n) is 3.19. The predicted octanol–water partition coefficient (Wildman–Crippen LogP) is 5.13. The summed E-state index contributed by atoms with van der Waals surface area (Å²) in [5.74, 6) is 0.853. The van der Waals surface area contributed by atoms with Gasteiger partial charge in [-0.1, -0.05) is 65.7 Å². The minimum atomic E-state index is 0.0163. The van der Waals surface area contributed by atoms with Crippen LogP contribution in [0.4, 0.5) is 0 Å². The van der Waals surface area contributed by atoms with Crippen LogP contribution in [0, 0.1) is 11.3 Å². The van der Waals surface area contributed by atoms with Gasteiger partial charge in [0.05, 0.1) is 0 Å². The predicted molar refractivity (Wildman–Crippen MR) is 74.1 cm³/mol. The average Bonchev–Trinajstić information content (AvgIpc) is 2.31. The first-order valence-corrected chi connectivity index (χ1v) is 7.64. The van der Waals surface area contributed by atoms with Crippen molar-refractivity contribution in [3.8, 4) is 0 Å². The Hall–Kier alpha value is -0.330. The molecule has 0 aromatic carbocycles. The lowest BCUT2D eigenvalue weighted by atomic mass is 9.68. The smallest absolute Gasteiger partial charge is 0.141 e. The van der Waals surface area contributed by atoms with Crippen molar-refractivity contribution >= 4 is 5.78 Å². The fourth-order valence-corrected chi connectivity index (χ4v) is 3.19. The Morgan fingerprint density at radius 2 is 1.82 bits per heavy atom. The molecule has 0 spiro atoms. The lowest BCUT2D eigenvalue weighted by molar-refractivity contribution is -0.135. The number of rotatable bonds is 7. The van der Waals surface area contributed by atoms with Gasteiger partial charge < -0.3 is 0 Å². The molecule has 2 unspecified atom stereocenters. The standard InChI is InChI=1S/C16H30O/c1-4-5-6-7-8-9-12-16(3)13-10-11-14(2)15(16)17/h14H,4-13H2,1-3H3. The Morgan fingerprint density at radius 1 is 1.18 bits per heavy atom. The van der Waals surface area contributed by atoms with Crippen LogP contribution in [0.25, 0.3) is 0 Å². The number of ketones is 1. The monoisotopic (exact) mass is 238 g/mol. The number of Topliss-reactive ketones (excluding diaryl/α,β-unsaturated/α-hetero) is 1. The van der Waals surface area contributed by atoms with Crippen LogP contribution in [0.15, 0.2) is 0 Å². The summed E-state index contributed by atoms with van der Waals surface area (Å²) >= 11 is 0. The van der Waals surface area contributed by atoms with Crippen LogP contribution in [0.5, 0.6) is 0 Å². The van der Waals surface area contributed by atoms with Crippen molar-refractivity contribution in [1.82, 2.24) is 0 Å². The van der Waals surface area contributed by atoms with E-state index in [1.54, 1.807) is 0 Å². The molecular formula is C16H30O. The SMILES string of the molecule is CCCCCCCCC1(C)CCCC(C)C1=O. The van der Waals surface area contributed by atoms with Crippen LogP contribution in [0.3, 0.4) is 0 Å². The van der Waals surface area contributed by atoms with Crippen LogP contribution in [-0.2, 0) is 4.79 Å². The molecule has 0 aromatic heterocycles. The molecule has 0 radical (unpaired) electrons. The van der Waals surface area contributed by atoms with E-state index in [0.29, 0.717) is 11.7 Å². The van der Waals surface area contributed by atoms with Crippen molar-refractivity contribution in [3.05, 3.63) is 0 Å². The molecular weight excluding hydrogens is 208 g/mol. The third-order valence-corrected chi connectivity index (χ3v) is 4.49. The number of hydrogen-bond donors (Lipinski definition) is 0. The molecule has 0 bridgehead atoms. The summed E-state index contributed by atoms with van der Waals surface area (Å²) in [5.41, 5.74) is 0.0163.